The SMILES string of the molecule is CC(C)(CNCCc1ccccc1)N1CCNCC1. The van der Waals surface area contributed by atoms with E-state index in [9.17, 15) is 0 Å². The van der Waals surface area contributed by atoms with Gasteiger partial charge in [-0.15, -0.1) is 0 Å². The largest absolute Gasteiger partial charge is 0.315 e. The zero-order valence-electron chi connectivity index (χ0n) is 12.3. The second kappa shape index (κ2) is 7.04. The molecule has 1 aliphatic heterocycles. The predicted molar refractivity (Wildman–Crippen MR) is 81.5 cm³/mol. The van der Waals surface area contributed by atoms with Gasteiger partial charge in [0.2, 0.25) is 0 Å². The minimum absolute atomic E-state index is 0.249. The third kappa shape index (κ3) is 4.60. The number of nitrogens with one attached hydrogen (secondary N) is 2. The first-order valence-electron chi connectivity index (χ1n) is 7.39. The maximum atomic E-state index is 3.61. The van der Waals surface area contributed by atoms with Gasteiger partial charge in [-0.2, -0.15) is 0 Å². The lowest BCUT2D eigenvalue weighted by atomic mass is 10.0. The van der Waals surface area contributed by atoms with E-state index in [0.29, 0.717) is 0 Å². The van der Waals surface area contributed by atoms with Crippen LogP contribution in [0, 0.1) is 0 Å². The molecule has 0 amide bonds. The van der Waals surface area contributed by atoms with Crippen LogP contribution in [0.1, 0.15) is 19.4 Å². The standard InChI is InChI=1S/C16H27N3/c1-16(2,19-12-10-17-11-13-19)14-18-9-8-15-6-4-3-5-7-15/h3-7,17-18H,8-14H2,1-2H3. The molecule has 0 bridgehead atoms. The molecule has 0 aromatic heterocycles. The van der Waals surface area contributed by atoms with E-state index in [1.807, 2.05) is 0 Å². The van der Waals surface area contributed by atoms with Crippen molar-refractivity contribution < 1.29 is 0 Å². The van der Waals surface area contributed by atoms with E-state index >= 15 is 0 Å². The van der Waals surface area contributed by atoms with Crippen LogP contribution >= 0.6 is 0 Å². The fourth-order valence-corrected chi connectivity index (χ4v) is 2.65. The summed E-state index contributed by atoms with van der Waals surface area (Å²) in [5.74, 6) is 0. The van der Waals surface area contributed by atoms with Crippen molar-refractivity contribution >= 4 is 0 Å². The molecule has 1 aromatic carbocycles. The molecule has 0 atom stereocenters. The molecule has 0 spiro atoms. The zero-order chi connectivity index (χ0) is 13.6. The lowest BCUT2D eigenvalue weighted by Gasteiger charge is -2.41. The summed E-state index contributed by atoms with van der Waals surface area (Å²) in [5.41, 5.74) is 1.66. The summed E-state index contributed by atoms with van der Waals surface area (Å²) in [6.07, 6.45) is 1.11. The molecule has 0 aliphatic carbocycles. The molecule has 19 heavy (non-hydrogen) atoms. The molecule has 0 radical (unpaired) electrons. The Morgan fingerprint density at radius 3 is 2.53 bits per heavy atom. The average Bonchev–Trinajstić information content (AvgIpc) is 2.46. The summed E-state index contributed by atoms with van der Waals surface area (Å²) < 4.78 is 0. The molecule has 2 N–H and O–H groups in total. The van der Waals surface area contributed by atoms with Gasteiger partial charge in [-0.25, -0.2) is 0 Å². The van der Waals surface area contributed by atoms with Crippen LogP contribution in [0.25, 0.3) is 0 Å². The molecular weight excluding hydrogens is 234 g/mol. The minimum Gasteiger partial charge on any atom is -0.315 e. The fourth-order valence-electron chi connectivity index (χ4n) is 2.65. The maximum absolute atomic E-state index is 3.61. The van der Waals surface area contributed by atoms with Gasteiger partial charge in [0.25, 0.3) is 0 Å². The van der Waals surface area contributed by atoms with Crippen molar-refractivity contribution in [2.45, 2.75) is 25.8 Å². The molecule has 0 unspecified atom stereocenters. The van der Waals surface area contributed by atoms with Gasteiger partial charge in [-0.3, -0.25) is 4.90 Å². The molecule has 0 saturated carbocycles. The highest BCUT2D eigenvalue weighted by atomic mass is 15.2. The van der Waals surface area contributed by atoms with E-state index < -0.39 is 0 Å². The van der Waals surface area contributed by atoms with Crippen molar-refractivity contribution in [3.05, 3.63) is 35.9 Å². The molecule has 1 aliphatic rings. The van der Waals surface area contributed by atoms with Gasteiger partial charge in [0.05, 0.1) is 0 Å². The van der Waals surface area contributed by atoms with Crippen molar-refractivity contribution in [2.75, 3.05) is 39.3 Å². The monoisotopic (exact) mass is 261 g/mol. The molecule has 1 fully saturated rings. The van der Waals surface area contributed by atoms with E-state index in [2.05, 4.69) is 59.7 Å². The number of nitrogens with zero attached hydrogens (tertiary/aromatic N) is 1. The highest BCUT2D eigenvalue weighted by molar-refractivity contribution is 5.14. The quantitative estimate of drug-likeness (QED) is 0.760. The normalized spacial score (nSPS) is 17.6. The zero-order valence-corrected chi connectivity index (χ0v) is 12.3. The Bertz CT molecular complexity index is 356. The Morgan fingerprint density at radius 1 is 1.16 bits per heavy atom. The van der Waals surface area contributed by atoms with E-state index in [1.54, 1.807) is 0 Å². The van der Waals surface area contributed by atoms with Gasteiger partial charge < -0.3 is 10.6 Å². The molecule has 1 heterocycles. The van der Waals surface area contributed by atoms with Crippen LogP contribution < -0.4 is 10.6 Å². The molecule has 1 saturated heterocycles. The summed E-state index contributed by atoms with van der Waals surface area (Å²) in [6, 6.07) is 10.7. The number of piperazine rings is 1. The number of rotatable bonds is 6. The van der Waals surface area contributed by atoms with Crippen molar-refractivity contribution in [1.82, 2.24) is 15.5 Å². The van der Waals surface area contributed by atoms with Crippen LogP contribution in [0.4, 0.5) is 0 Å². The molecule has 2 rings (SSSR count). The van der Waals surface area contributed by atoms with Gasteiger partial charge in [-0.05, 0) is 32.4 Å². The van der Waals surface area contributed by atoms with Crippen LogP contribution in [0.5, 0.6) is 0 Å². The van der Waals surface area contributed by atoms with Gasteiger partial charge in [0.1, 0.15) is 0 Å². The van der Waals surface area contributed by atoms with Crippen molar-refractivity contribution in [1.29, 1.82) is 0 Å². The van der Waals surface area contributed by atoms with Crippen molar-refractivity contribution in [3.8, 4) is 0 Å². The maximum Gasteiger partial charge on any atom is 0.0278 e. The van der Waals surface area contributed by atoms with Crippen LogP contribution in [-0.2, 0) is 6.42 Å². The molecule has 1 aromatic rings. The summed E-state index contributed by atoms with van der Waals surface area (Å²) >= 11 is 0. The van der Waals surface area contributed by atoms with E-state index in [4.69, 9.17) is 0 Å². The second-order valence-electron chi connectivity index (χ2n) is 5.96. The van der Waals surface area contributed by atoms with E-state index in [0.717, 1.165) is 45.7 Å². The van der Waals surface area contributed by atoms with Gasteiger partial charge in [-0.1, -0.05) is 30.3 Å². The highest BCUT2D eigenvalue weighted by Gasteiger charge is 2.26. The third-order valence-electron chi connectivity index (χ3n) is 3.96. The highest BCUT2D eigenvalue weighted by Crippen LogP contribution is 2.13. The lowest BCUT2D eigenvalue weighted by Crippen LogP contribution is -2.57. The number of benzene rings is 1. The topological polar surface area (TPSA) is 27.3 Å². The Hall–Kier alpha value is -0.900. The third-order valence-corrected chi connectivity index (χ3v) is 3.96. The Balaban J connectivity index is 1.69. The number of hydrogen-bond donors (Lipinski definition) is 2. The number of hydrogen-bond acceptors (Lipinski definition) is 3. The lowest BCUT2D eigenvalue weighted by molar-refractivity contribution is 0.102. The van der Waals surface area contributed by atoms with Crippen LogP contribution in [0.15, 0.2) is 30.3 Å². The van der Waals surface area contributed by atoms with Gasteiger partial charge in [0, 0.05) is 38.3 Å². The summed E-state index contributed by atoms with van der Waals surface area (Å²) in [7, 11) is 0. The first-order valence-corrected chi connectivity index (χ1v) is 7.39. The van der Waals surface area contributed by atoms with Crippen LogP contribution in [-0.4, -0.2) is 49.7 Å². The van der Waals surface area contributed by atoms with Crippen LogP contribution in [0.2, 0.25) is 0 Å². The van der Waals surface area contributed by atoms with Crippen LogP contribution in [0.3, 0.4) is 0 Å². The molecule has 3 heteroatoms. The van der Waals surface area contributed by atoms with Gasteiger partial charge >= 0.3 is 0 Å². The van der Waals surface area contributed by atoms with Crippen molar-refractivity contribution in [3.63, 3.8) is 0 Å². The summed E-state index contributed by atoms with van der Waals surface area (Å²) in [6.45, 7) is 11.3. The van der Waals surface area contributed by atoms with E-state index in [1.165, 1.54) is 5.56 Å². The minimum atomic E-state index is 0.249. The Labute approximate surface area is 117 Å². The van der Waals surface area contributed by atoms with E-state index in [-0.39, 0.29) is 5.54 Å². The second-order valence-corrected chi connectivity index (χ2v) is 5.96. The first kappa shape index (κ1) is 14.5. The average molecular weight is 261 g/mol. The first-order chi connectivity index (χ1) is 9.18. The molecule has 3 nitrogen and oxygen atoms in total. The summed E-state index contributed by atoms with van der Waals surface area (Å²) in [4.78, 5) is 2.58. The predicted octanol–water partition coefficient (Wildman–Crippen LogP) is 1.50. The molecule has 106 valence electrons. The Morgan fingerprint density at radius 2 is 1.84 bits per heavy atom. The fraction of sp³-hybridized carbons (Fsp3) is 0.625. The smallest absolute Gasteiger partial charge is 0.0278 e. The van der Waals surface area contributed by atoms with Gasteiger partial charge in [0.15, 0.2) is 0 Å². The Kier molecular flexibility index (Phi) is 5.37. The summed E-state index contributed by atoms with van der Waals surface area (Å²) in [5, 5.41) is 7.02. The van der Waals surface area contributed by atoms with Crippen molar-refractivity contribution in [2.24, 2.45) is 0 Å². The molecular formula is C16H27N3.